The van der Waals surface area contributed by atoms with Crippen LogP contribution in [0.15, 0.2) is 0 Å². The summed E-state index contributed by atoms with van der Waals surface area (Å²) in [6.07, 6.45) is 1.33. The van der Waals surface area contributed by atoms with E-state index in [9.17, 15) is 0 Å². The van der Waals surface area contributed by atoms with Crippen LogP contribution in [0, 0.1) is 5.92 Å². The van der Waals surface area contributed by atoms with Crippen molar-refractivity contribution in [2.24, 2.45) is 5.92 Å². The summed E-state index contributed by atoms with van der Waals surface area (Å²) < 4.78 is 5.23. The Morgan fingerprint density at radius 1 is 1.50 bits per heavy atom. The second kappa shape index (κ2) is 4.24. The highest BCUT2D eigenvalue weighted by Crippen LogP contribution is 2.25. The Balaban J connectivity index is 2.51. The molecule has 0 aromatic heterocycles. The lowest BCUT2D eigenvalue weighted by Gasteiger charge is -2.29. The molecule has 0 bridgehead atoms. The number of nitrogens with zero attached hydrogens (tertiary/aromatic N) is 1. The standard InChI is InChI=1S/C10H21NO/c1-8(2)11-6-5-9(3)10(11)7-12-4/h8-10H,5-7H2,1-4H3. The van der Waals surface area contributed by atoms with Gasteiger partial charge in [-0.1, -0.05) is 6.92 Å². The van der Waals surface area contributed by atoms with Gasteiger partial charge in [0.05, 0.1) is 6.61 Å². The Bertz CT molecular complexity index is 136. The Kier molecular flexibility index (Phi) is 3.53. The first kappa shape index (κ1) is 10.0. The number of likely N-dealkylation sites (tertiary alicyclic amines) is 1. The second-order valence-corrected chi connectivity index (χ2v) is 4.12. The first-order valence-corrected chi connectivity index (χ1v) is 4.91. The first-order valence-electron chi connectivity index (χ1n) is 4.91. The lowest BCUT2D eigenvalue weighted by Crippen LogP contribution is -2.40. The van der Waals surface area contributed by atoms with E-state index in [0.717, 1.165) is 12.5 Å². The molecule has 1 aliphatic heterocycles. The maximum atomic E-state index is 5.23. The summed E-state index contributed by atoms with van der Waals surface area (Å²) >= 11 is 0. The van der Waals surface area contributed by atoms with Crippen molar-refractivity contribution in [2.75, 3.05) is 20.3 Å². The van der Waals surface area contributed by atoms with Crippen molar-refractivity contribution in [2.45, 2.75) is 39.3 Å². The molecule has 1 rings (SSSR count). The van der Waals surface area contributed by atoms with Gasteiger partial charge in [0, 0.05) is 19.2 Å². The number of methoxy groups -OCH3 is 1. The minimum absolute atomic E-state index is 0.648. The molecular formula is C10H21NO. The third-order valence-corrected chi connectivity index (χ3v) is 2.93. The topological polar surface area (TPSA) is 12.5 Å². The Hall–Kier alpha value is -0.0800. The van der Waals surface area contributed by atoms with E-state index in [4.69, 9.17) is 4.74 Å². The molecule has 12 heavy (non-hydrogen) atoms. The zero-order valence-electron chi connectivity index (χ0n) is 8.71. The second-order valence-electron chi connectivity index (χ2n) is 4.12. The molecule has 1 saturated heterocycles. The smallest absolute Gasteiger partial charge is 0.0620 e. The van der Waals surface area contributed by atoms with Crippen LogP contribution < -0.4 is 0 Å². The van der Waals surface area contributed by atoms with Crippen LogP contribution in [0.2, 0.25) is 0 Å². The molecule has 0 aliphatic carbocycles. The highest BCUT2D eigenvalue weighted by Gasteiger charge is 2.32. The van der Waals surface area contributed by atoms with Crippen molar-refractivity contribution < 1.29 is 4.74 Å². The number of ether oxygens (including phenoxy) is 1. The van der Waals surface area contributed by atoms with Gasteiger partial charge in [-0.25, -0.2) is 0 Å². The van der Waals surface area contributed by atoms with Gasteiger partial charge in [-0.15, -0.1) is 0 Å². The monoisotopic (exact) mass is 171 g/mol. The Morgan fingerprint density at radius 3 is 2.67 bits per heavy atom. The molecule has 1 heterocycles. The zero-order chi connectivity index (χ0) is 9.14. The highest BCUT2D eigenvalue weighted by atomic mass is 16.5. The molecule has 0 aromatic rings. The SMILES string of the molecule is COCC1C(C)CCN1C(C)C. The fourth-order valence-corrected chi connectivity index (χ4v) is 2.11. The molecule has 0 spiro atoms. The Morgan fingerprint density at radius 2 is 2.17 bits per heavy atom. The molecule has 2 heteroatoms. The van der Waals surface area contributed by atoms with Crippen molar-refractivity contribution in [3.63, 3.8) is 0 Å². The van der Waals surface area contributed by atoms with Crippen molar-refractivity contribution in [3.8, 4) is 0 Å². The summed E-state index contributed by atoms with van der Waals surface area (Å²) in [6.45, 7) is 8.99. The van der Waals surface area contributed by atoms with Gasteiger partial charge < -0.3 is 4.74 Å². The molecule has 0 aromatic carbocycles. The molecule has 1 fully saturated rings. The fourth-order valence-electron chi connectivity index (χ4n) is 2.11. The summed E-state index contributed by atoms with van der Waals surface area (Å²) in [5.41, 5.74) is 0. The molecule has 2 atom stereocenters. The molecular weight excluding hydrogens is 150 g/mol. The van der Waals surface area contributed by atoms with Crippen molar-refractivity contribution >= 4 is 0 Å². The molecule has 0 N–H and O–H groups in total. The van der Waals surface area contributed by atoms with E-state index in [0.29, 0.717) is 12.1 Å². The van der Waals surface area contributed by atoms with Gasteiger partial charge in [-0.3, -0.25) is 4.90 Å². The molecule has 0 saturated carbocycles. The van der Waals surface area contributed by atoms with Gasteiger partial charge >= 0.3 is 0 Å². The normalized spacial score (nSPS) is 31.8. The van der Waals surface area contributed by atoms with E-state index in [2.05, 4.69) is 25.7 Å². The van der Waals surface area contributed by atoms with Crippen LogP contribution in [-0.2, 0) is 4.74 Å². The molecule has 0 amide bonds. The zero-order valence-corrected chi connectivity index (χ0v) is 8.71. The van der Waals surface area contributed by atoms with E-state index in [-0.39, 0.29) is 0 Å². The third kappa shape index (κ3) is 1.99. The van der Waals surface area contributed by atoms with Gasteiger partial charge in [0.2, 0.25) is 0 Å². The maximum absolute atomic E-state index is 5.23. The van der Waals surface area contributed by atoms with E-state index >= 15 is 0 Å². The van der Waals surface area contributed by atoms with Crippen LogP contribution in [0.1, 0.15) is 27.2 Å². The van der Waals surface area contributed by atoms with Crippen molar-refractivity contribution in [1.82, 2.24) is 4.90 Å². The van der Waals surface area contributed by atoms with Crippen molar-refractivity contribution in [3.05, 3.63) is 0 Å². The summed E-state index contributed by atoms with van der Waals surface area (Å²) in [4.78, 5) is 2.55. The van der Waals surface area contributed by atoms with Gasteiger partial charge in [-0.2, -0.15) is 0 Å². The summed E-state index contributed by atoms with van der Waals surface area (Å²) in [5.74, 6) is 0.798. The predicted octanol–water partition coefficient (Wildman–Crippen LogP) is 1.75. The van der Waals surface area contributed by atoms with Gasteiger partial charge in [-0.05, 0) is 32.7 Å². The van der Waals surface area contributed by atoms with Crippen LogP contribution in [0.5, 0.6) is 0 Å². The average molecular weight is 171 g/mol. The molecule has 1 aliphatic rings. The molecule has 72 valence electrons. The van der Waals surface area contributed by atoms with Crippen LogP contribution in [0.3, 0.4) is 0 Å². The third-order valence-electron chi connectivity index (χ3n) is 2.93. The van der Waals surface area contributed by atoms with E-state index in [1.807, 2.05) is 0 Å². The minimum atomic E-state index is 0.648. The fraction of sp³-hybridized carbons (Fsp3) is 1.00. The van der Waals surface area contributed by atoms with Gasteiger partial charge in [0.25, 0.3) is 0 Å². The molecule has 2 nitrogen and oxygen atoms in total. The lowest BCUT2D eigenvalue weighted by atomic mass is 10.0. The Labute approximate surface area is 75.9 Å². The minimum Gasteiger partial charge on any atom is -0.383 e. The predicted molar refractivity (Wildman–Crippen MR) is 51.3 cm³/mol. The summed E-state index contributed by atoms with van der Waals surface area (Å²) in [5, 5.41) is 0. The number of rotatable bonds is 3. The van der Waals surface area contributed by atoms with E-state index in [1.54, 1.807) is 7.11 Å². The number of hydrogen-bond donors (Lipinski definition) is 0. The lowest BCUT2D eigenvalue weighted by molar-refractivity contribution is 0.0836. The van der Waals surface area contributed by atoms with Crippen LogP contribution >= 0.6 is 0 Å². The quantitative estimate of drug-likeness (QED) is 0.641. The van der Waals surface area contributed by atoms with Crippen LogP contribution in [0.25, 0.3) is 0 Å². The maximum Gasteiger partial charge on any atom is 0.0620 e. The first-order chi connectivity index (χ1) is 5.66. The molecule has 2 unspecified atom stereocenters. The largest absolute Gasteiger partial charge is 0.383 e. The van der Waals surface area contributed by atoms with Crippen molar-refractivity contribution in [1.29, 1.82) is 0 Å². The number of hydrogen-bond acceptors (Lipinski definition) is 2. The summed E-state index contributed by atoms with van der Waals surface area (Å²) in [6, 6.07) is 1.31. The van der Waals surface area contributed by atoms with E-state index in [1.165, 1.54) is 13.0 Å². The van der Waals surface area contributed by atoms with E-state index < -0.39 is 0 Å². The van der Waals surface area contributed by atoms with Gasteiger partial charge in [0.15, 0.2) is 0 Å². The van der Waals surface area contributed by atoms with Crippen LogP contribution in [0.4, 0.5) is 0 Å². The summed E-state index contributed by atoms with van der Waals surface area (Å²) in [7, 11) is 1.80. The van der Waals surface area contributed by atoms with Crippen LogP contribution in [-0.4, -0.2) is 37.2 Å². The highest BCUT2D eigenvalue weighted by molar-refractivity contribution is 4.86. The molecule has 0 radical (unpaired) electrons. The van der Waals surface area contributed by atoms with Gasteiger partial charge in [0.1, 0.15) is 0 Å². The average Bonchev–Trinajstić information content (AvgIpc) is 2.34.